The van der Waals surface area contributed by atoms with E-state index in [4.69, 9.17) is 4.18 Å². The Hall–Kier alpha value is 0.910. The summed E-state index contributed by atoms with van der Waals surface area (Å²) >= 11 is 0. The van der Waals surface area contributed by atoms with Crippen molar-refractivity contribution in [2.45, 2.75) is 79.1 Å². The first-order valence-electron chi connectivity index (χ1n) is 8.20. The Morgan fingerprint density at radius 1 is 0.810 bits per heavy atom. The molecule has 0 atom stereocenters. The third-order valence-corrected chi connectivity index (χ3v) is 4.68. The molecule has 0 saturated carbocycles. The summed E-state index contributed by atoms with van der Waals surface area (Å²) in [5.74, 6) is 1.61. The molecule has 0 saturated heterocycles. The number of hydrogen-bond donors (Lipinski definition) is 0. The van der Waals surface area contributed by atoms with Crippen LogP contribution >= 0.6 is 0 Å². The van der Waals surface area contributed by atoms with E-state index in [9.17, 15) is 8.42 Å². The van der Waals surface area contributed by atoms with Gasteiger partial charge in [0.2, 0.25) is 0 Å². The fourth-order valence-electron chi connectivity index (χ4n) is 2.08. The Kier molecular flexibility index (Phi) is 16.7. The van der Waals surface area contributed by atoms with Gasteiger partial charge in [0.25, 0.3) is 10.1 Å². The molecule has 0 radical (unpaired) electrons. The summed E-state index contributed by atoms with van der Waals surface area (Å²) in [6.45, 7) is 9.16. The molecular weight excluding hydrogens is 295 g/mol. The molecule has 0 unspecified atom stereocenters. The minimum Gasteiger partial charge on any atom is -1.00 e. The smallest absolute Gasteiger partial charge is 1.00 e. The van der Waals surface area contributed by atoms with Gasteiger partial charge in [-0.25, -0.2) is 0 Å². The fourth-order valence-corrected chi connectivity index (χ4v) is 3.13. The minimum atomic E-state index is -3.29. The van der Waals surface area contributed by atoms with Crippen molar-refractivity contribution in [2.24, 2.45) is 11.8 Å². The predicted molar refractivity (Wildman–Crippen MR) is 87.5 cm³/mol. The molecule has 124 valence electrons. The summed E-state index contributed by atoms with van der Waals surface area (Å²) in [5.41, 5.74) is 0. The summed E-state index contributed by atoms with van der Waals surface area (Å²) in [6.07, 6.45) is 8.27. The van der Waals surface area contributed by atoms with E-state index in [1.165, 1.54) is 12.8 Å². The van der Waals surface area contributed by atoms with Crippen molar-refractivity contribution >= 4 is 10.1 Å². The average molecular weight is 331 g/mol. The monoisotopic (exact) mass is 330 g/mol. The topological polar surface area (TPSA) is 43.4 Å². The molecular formula is C16H35NaO3S. The van der Waals surface area contributed by atoms with Crippen molar-refractivity contribution in [3.05, 3.63) is 0 Å². The van der Waals surface area contributed by atoms with Crippen molar-refractivity contribution in [1.29, 1.82) is 0 Å². The standard InChI is InChI=1S/C16H34O3S.Na.H/c1-15(2)11-7-5-9-13-19-20(17,18)14-10-6-8-12-16(3)4;;/h15-16H,5-14H2,1-4H3;;/q;+1;-1. The largest absolute Gasteiger partial charge is 1.00 e. The maximum atomic E-state index is 11.6. The summed E-state index contributed by atoms with van der Waals surface area (Å²) < 4.78 is 28.3. The van der Waals surface area contributed by atoms with E-state index in [2.05, 4.69) is 27.7 Å². The van der Waals surface area contributed by atoms with Crippen LogP contribution < -0.4 is 29.6 Å². The molecule has 0 aromatic heterocycles. The first-order valence-corrected chi connectivity index (χ1v) is 9.78. The van der Waals surface area contributed by atoms with Crippen LogP contribution in [0.3, 0.4) is 0 Å². The summed E-state index contributed by atoms with van der Waals surface area (Å²) in [7, 11) is -3.29. The van der Waals surface area contributed by atoms with Gasteiger partial charge in [0.15, 0.2) is 0 Å². The number of unbranched alkanes of at least 4 members (excludes halogenated alkanes) is 4. The van der Waals surface area contributed by atoms with Gasteiger partial charge in [0.1, 0.15) is 0 Å². The molecule has 0 amide bonds. The Morgan fingerprint density at radius 2 is 1.29 bits per heavy atom. The third-order valence-electron chi connectivity index (χ3n) is 3.36. The van der Waals surface area contributed by atoms with Crippen molar-refractivity contribution in [3.63, 3.8) is 0 Å². The Morgan fingerprint density at radius 3 is 1.76 bits per heavy atom. The van der Waals surface area contributed by atoms with Crippen LogP contribution in [0.4, 0.5) is 0 Å². The molecule has 0 N–H and O–H groups in total. The van der Waals surface area contributed by atoms with Crippen LogP contribution in [0.25, 0.3) is 0 Å². The quantitative estimate of drug-likeness (QED) is 0.294. The second kappa shape index (κ2) is 14.5. The van der Waals surface area contributed by atoms with Crippen LogP contribution in [0.5, 0.6) is 0 Å². The van der Waals surface area contributed by atoms with Crippen molar-refractivity contribution in [3.8, 4) is 0 Å². The summed E-state index contributed by atoms with van der Waals surface area (Å²) in [6, 6.07) is 0. The molecule has 21 heavy (non-hydrogen) atoms. The van der Waals surface area contributed by atoms with E-state index in [0.29, 0.717) is 12.5 Å². The van der Waals surface area contributed by atoms with E-state index in [1.54, 1.807) is 0 Å². The van der Waals surface area contributed by atoms with Gasteiger partial charge < -0.3 is 1.43 Å². The van der Waals surface area contributed by atoms with Gasteiger partial charge >= 0.3 is 29.6 Å². The van der Waals surface area contributed by atoms with Gasteiger partial charge in [0.05, 0.1) is 12.4 Å². The molecule has 0 fully saturated rings. The zero-order valence-electron chi connectivity index (χ0n) is 15.9. The summed E-state index contributed by atoms with van der Waals surface area (Å²) in [4.78, 5) is 0. The van der Waals surface area contributed by atoms with Gasteiger partial charge in [-0.3, -0.25) is 4.18 Å². The molecule has 0 aromatic rings. The van der Waals surface area contributed by atoms with E-state index >= 15 is 0 Å². The normalized spacial score (nSPS) is 11.9. The van der Waals surface area contributed by atoms with Crippen LogP contribution in [-0.2, 0) is 14.3 Å². The Labute approximate surface area is 156 Å². The van der Waals surface area contributed by atoms with Crippen LogP contribution in [0.1, 0.15) is 80.5 Å². The van der Waals surface area contributed by atoms with E-state index in [0.717, 1.165) is 44.4 Å². The molecule has 0 aliphatic heterocycles. The fraction of sp³-hybridized carbons (Fsp3) is 1.00. The molecule has 0 bridgehead atoms. The molecule has 0 heterocycles. The zero-order valence-corrected chi connectivity index (χ0v) is 17.7. The van der Waals surface area contributed by atoms with E-state index < -0.39 is 10.1 Å². The van der Waals surface area contributed by atoms with Crippen LogP contribution in [-0.4, -0.2) is 20.8 Å². The zero-order chi connectivity index (χ0) is 15.4. The van der Waals surface area contributed by atoms with Crippen LogP contribution in [0.15, 0.2) is 0 Å². The molecule has 0 aromatic carbocycles. The third kappa shape index (κ3) is 18.9. The minimum absolute atomic E-state index is 0. The second-order valence-corrected chi connectivity index (χ2v) is 8.33. The molecule has 0 rings (SSSR count). The van der Waals surface area contributed by atoms with Gasteiger partial charge in [-0.05, 0) is 24.7 Å². The number of rotatable bonds is 13. The Balaban J connectivity index is -0.00000180. The van der Waals surface area contributed by atoms with Gasteiger partial charge in [-0.1, -0.05) is 66.2 Å². The molecule has 0 aliphatic carbocycles. The average Bonchev–Trinajstić information content (AvgIpc) is 2.32. The van der Waals surface area contributed by atoms with Crippen LogP contribution in [0, 0.1) is 11.8 Å². The number of hydrogen-bond acceptors (Lipinski definition) is 3. The maximum Gasteiger partial charge on any atom is 1.00 e. The van der Waals surface area contributed by atoms with Crippen molar-refractivity contribution in [2.75, 3.05) is 12.4 Å². The molecule has 5 heteroatoms. The maximum absolute atomic E-state index is 11.6. The van der Waals surface area contributed by atoms with Gasteiger partial charge in [0, 0.05) is 0 Å². The van der Waals surface area contributed by atoms with Crippen LogP contribution in [0.2, 0.25) is 0 Å². The van der Waals surface area contributed by atoms with Crippen molar-refractivity contribution in [1.82, 2.24) is 0 Å². The molecule has 3 nitrogen and oxygen atoms in total. The first kappa shape index (κ1) is 24.2. The Bertz CT molecular complexity index is 319. The molecule has 0 aliphatic rings. The molecule has 0 spiro atoms. The van der Waals surface area contributed by atoms with Crippen molar-refractivity contribution < 1.29 is 43.6 Å². The second-order valence-electron chi connectivity index (χ2n) is 6.57. The van der Waals surface area contributed by atoms with Gasteiger partial charge in [-0.15, -0.1) is 0 Å². The SMILES string of the molecule is CC(C)CCCCCOS(=O)(=O)CCCCCC(C)C.[H-].[Na+]. The van der Waals surface area contributed by atoms with E-state index in [1.807, 2.05) is 0 Å². The predicted octanol–water partition coefficient (Wildman–Crippen LogP) is 1.88. The van der Waals surface area contributed by atoms with E-state index in [-0.39, 0.29) is 36.7 Å². The van der Waals surface area contributed by atoms with Gasteiger partial charge in [-0.2, -0.15) is 8.42 Å². The summed E-state index contributed by atoms with van der Waals surface area (Å²) in [5, 5.41) is 0. The first-order chi connectivity index (χ1) is 9.33.